The molecule has 1 N–H and O–H groups in total. The lowest BCUT2D eigenvalue weighted by Gasteiger charge is -2.29. The van der Waals surface area contributed by atoms with Crippen molar-refractivity contribution in [1.29, 1.82) is 0 Å². The summed E-state index contributed by atoms with van der Waals surface area (Å²) >= 11 is 0. The minimum Gasteiger partial charge on any atom is -0.497 e. The largest absolute Gasteiger partial charge is 0.497 e. The summed E-state index contributed by atoms with van der Waals surface area (Å²) in [7, 11) is 1.69. The van der Waals surface area contributed by atoms with E-state index in [9.17, 15) is 0 Å². The molecule has 1 aliphatic rings. The highest BCUT2D eigenvalue weighted by Gasteiger charge is 2.20. The third-order valence-electron chi connectivity index (χ3n) is 3.81. The predicted octanol–water partition coefficient (Wildman–Crippen LogP) is 3.13. The van der Waals surface area contributed by atoms with Crippen LogP contribution in [-0.2, 0) is 11.3 Å². The zero-order chi connectivity index (χ0) is 13.5. The molecule has 1 aromatic rings. The quantitative estimate of drug-likeness (QED) is 0.855. The molecule has 1 saturated carbocycles. The van der Waals surface area contributed by atoms with Gasteiger partial charge in [0.25, 0.3) is 0 Å². The summed E-state index contributed by atoms with van der Waals surface area (Å²) in [6.45, 7) is 3.95. The molecule has 0 aliphatic heterocycles. The third kappa shape index (κ3) is 4.51. The van der Waals surface area contributed by atoms with Crippen molar-refractivity contribution in [3.05, 3.63) is 29.8 Å². The molecule has 0 unspecified atom stereocenters. The Morgan fingerprint density at radius 3 is 2.37 bits per heavy atom. The molecule has 0 aromatic heterocycles. The van der Waals surface area contributed by atoms with Crippen molar-refractivity contribution in [2.24, 2.45) is 0 Å². The lowest BCUT2D eigenvalue weighted by molar-refractivity contribution is 0.0114. The number of ether oxygens (including phenoxy) is 2. The molecule has 106 valence electrons. The van der Waals surface area contributed by atoms with Gasteiger partial charge >= 0.3 is 0 Å². The van der Waals surface area contributed by atoms with Gasteiger partial charge < -0.3 is 14.8 Å². The second-order valence-corrected chi connectivity index (χ2v) is 5.19. The van der Waals surface area contributed by atoms with Crippen LogP contribution in [0.5, 0.6) is 5.75 Å². The van der Waals surface area contributed by atoms with Crippen molar-refractivity contribution in [3.8, 4) is 5.75 Å². The Morgan fingerprint density at radius 2 is 1.79 bits per heavy atom. The maximum absolute atomic E-state index is 6.00. The van der Waals surface area contributed by atoms with E-state index in [4.69, 9.17) is 9.47 Å². The summed E-state index contributed by atoms with van der Waals surface area (Å²) in [6.07, 6.45) is 5.25. The molecule has 0 bridgehead atoms. The van der Waals surface area contributed by atoms with E-state index in [0.29, 0.717) is 18.8 Å². The van der Waals surface area contributed by atoms with E-state index in [0.717, 1.165) is 12.3 Å². The second-order valence-electron chi connectivity index (χ2n) is 5.19. The fourth-order valence-electron chi connectivity index (χ4n) is 2.66. The monoisotopic (exact) mass is 263 g/mol. The van der Waals surface area contributed by atoms with Gasteiger partial charge in [-0.3, -0.25) is 0 Å². The van der Waals surface area contributed by atoms with E-state index in [1.165, 1.54) is 31.2 Å². The molecular formula is C16H25NO2. The van der Waals surface area contributed by atoms with Crippen LogP contribution in [0.4, 0.5) is 0 Å². The lowest BCUT2D eigenvalue weighted by atomic mass is 9.93. The highest BCUT2D eigenvalue weighted by atomic mass is 16.5. The molecule has 0 saturated heterocycles. The minimum absolute atomic E-state index is 0.428. The highest BCUT2D eigenvalue weighted by molar-refractivity contribution is 5.26. The maximum atomic E-state index is 6.00. The van der Waals surface area contributed by atoms with Crippen LogP contribution < -0.4 is 10.1 Å². The molecule has 0 radical (unpaired) electrons. The Hall–Kier alpha value is -1.06. The van der Waals surface area contributed by atoms with Gasteiger partial charge in [-0.1, -0.05) is 19.1 Å². The van der Waals surface area contributed by atoms with Gasteiger partial charge in [0.05, 0.1) is 19.8 Å². The van der Waals surface area contributed by atoms with Gasteiger partial charge in [-0.05, 0) is 49.9 Å². The van der Waals surface area contributed by atoms with Crippen LogP contribution in [0.2, 0.25) is 0 Å². The zero-order valence-corrected chi connectivity index (χ0v) is 12.0. The van der Waals surface area contributed by atoms with Gasteiger partial charge in [0.1, 0.15) is 5.75 Å². The molecule has 1 aliphatic carbocycles. The van der Waals surface area contributed by atoms with E-state index in [-0.39, 0.29) is 0 Å². The molecule has 0 amide bonds. The van der Waals surface area contributed by atoms with Crippen LogP contribution in [-0.4, -0.2) is 25.8 Å². The first kappa shape index (κ1) is 14.4. The molecule has 2 rings (SSSR count). The van der Waals surface area contributed by atoms with Crippen LogP contribution in [0.1, 0.15) is 38.2 Å². The van der Waals surface area contributed by atoms with Crippen molar-refractivity contribution in [2.75, 3.05) is 13.7 Å². The van der Waals surface area contributed by atoms with Gasteiger partial charge in [0, 0.05) is 6.04 Å². The molecule has 19 heavy (non-hydrogen) atoms. The molecule has 3 heteroatoms. The molecule has 1 aromatic carbocycles. The van der Waals surface area contributed by atoms with Crippen LogP contribution in [0.3, 0.4) is 0 Å². The van der Waals surface area contributed by atoms with Gasteiger partial charge in [-0.2, -0.15) is 0 Å². The highest BCUT2D eigenvalue weighted by Crippen LogP contribution is 2.22. The summed E-state index contributed by atoms with van der Waals surface area (Å²) in [5, 5.41) is 3.52. The summed E-state index contributed by atoms with van der Waals surface area (Å²) in [4.78, 5) is 0. The Balaban J connectivity index is 1.71. The first-order chi connectivity index (χ1) is 9.31. The van der Waals surface area contributed by atoms with E-state index in [1.807, 2.05) is 12.1 Å². The first-order valence-electron chi connectivity index (χ1n) is 7.29. The number of rotatable bonds is 6. The summed E-state index contributed by atoms with van der Waals surface area (Å²) in [5.74, 6) is 0.898. The lowest BCUT2D eigenvalue weighted by Crippen LogP contribution is -2.35. The van der Waals surface area contributed by atoms with Crippen LogP contribution in [0, 0.1) is 0 Å². The first-order valence-corrected chi connectivity index (χ1v) is 7.29. The van der Waals surface area contributed by atoms with Crippen molar-refractivity contribution < 1.29 is 9.47 Å². The standard InChI is InChI=1S/C16H25NO2/c1-3-17-14-6-10-16(11-7-14)19-12-13-4-8-15(18-2)9-5-13/h4-5,8-9,14,16-17H,3,6-7,10-12H2,1-2H3. The Labute approximate surface area is 116 Å². The summed E-state index contributed by atoms with van der Waals surface area (Å²) in [6, 6.07) is 8.82. The molecule has 0 heterocycles. The average molecular weight is 263 g/mol. The van der Waals surface area contributed by atoms with Crippen molar-refractivity contribution in [1.82, 2.24) is 5.32 Å². The van der Waals surface area contributed by atoms with Crippen molar-refractivity contribution in [2.45, 2.75) is 51.4 Å². The molecule has 0 spiro atoms. The molecule has 3 nitrogen and oxygen atoms in total. The Kier molecular flexibility index (Phi) is 5.67. The van der Waals surface area contributed by atoms with Crippen LogP contribution >= 0.6 is 0 Å². The summed E-state index contributed by atoms with van der Waals surface area (Å²) in [5.41, 5.74) is 1.22. The topological polar surface area (TPSA) is 30.5 Å². The van der Waals surface area contributed by atoms with E-state index in [2.05, 4.69) is 24.4 Å². The Morgan fingerprint density at radius 1 is 1.11 bits per heavy atom. The second kappa shape index (κ2) is 7.51. The van der Waals surface area contributed by atoms with Crippen LogP contribution in [0.25, 0.3) is 0 Å². The van der Waals surface area contributed by atoms with E-state index < -0.39 is 0 Å². The van der Waals surface area contributed by atoms with Crippen LogP contribution in [0.15, 0.2) is 24.3 Å². The van der Waals surface area contributed by atoms with Gasteiger partial charge in [0.15, 0.2) is 0 Å². The fourth-order valence-corrected chi connectivity index (χ4v) is 2.66. The van der Waals surface area contributed by atoms with Gasteiger partial charge in [-0.15, -0.1) is 0 Å². The molecule has 0 atom stereocenters. The number of hydrogen-bond donors (Lipinski definition) is 1. The number of nitrogens with one attached hydrogen (secondary N) is 1. The Bertz CT molecular complexity index is 356. The van der Waals surface area contributed by atoms with Gasteiger partial charge in [-0.25, -0.2) is 0 Å². The maximum Gasteiger partial charge on any atom is 0.118 e. The van der Waals surface area contributed by atoms with E-state index >= 15 is 0 Å². The van der Waals surface area contributed by atoms with E-state index in [1.54, 1.807) is 7.11 Å². The smallest absolute Gasteiger partial charge is 0.118 e. The van der Waals surface area contributed by atoms with Crippen molar-refractivity contribution in [3.63, 3.8) is 0 Å². The fraction of sp³-hybridized carbons (Fsp3) is 0.625. The third-order valence-corrected chi connectivity index (χ3v) is 3.81. The normalized spacial score (nSPS) is 23.3. The number of benzene rings is 1. The minimum atomic E-state index is 0.428. The zero-order valence-electron chi connectivity index (χ0n) is 12.0. The SMILES string of the molecule is CCNC1CCC(OCc2ccc(OC)cc2)CC1. The summed E-state index contributed by atoms with van der Waals surface area (Å²) < 4.78 is 11.2. The average Bonchev–Trinajstić information content (AvgIpc) is 2.47. The molecular weight excluding hydrogens is 238 g/mol. The number of hydrogen-bond acceptors (Lipinski definition) is 3. The van der Waals surface area contributed by atoms with Crippen molar-refractivity contribution >= 4 is 0 Å². The molecule has 1 fully saturated rings. The predicted molar refractivity (Wildman–Crippen MR) is 77.5 cm³/mol. The number of methoxy groups -OCH3 is 1. The van der Waals surface area contributed by atoms with Gasteiger partial charge in [0.2, 0.25) is 0 Å².